The molecule has 0 atom stereocenters. The maximum absolute atomic E-state index is 12.9. The lowest BCUT2D eigenvalue weighted by Crippen LogP contribution is -2.12. The van der Waals surface area contributed by atoms with Crippen LogP contribution in [-0.4, -0.2) is 5.91 Å². The van der Waals surface area contributed by atoms with Crippen molar-refractivity contribution in [2.24, 2.45) is 0 Å². The number of anilines is 1. The Morgan fingerprint density at radius 2 is 2.00 bits per heavy atom. The van der Waals surface area contributed by atoms with E-state index in [1.165, 1.54) is 18.2 Å². The lowest BCUT2D eigenvalue weighted by atomic mass is 10.2. The number of nitrogens with one attached hydrogen (secondary N) is 1. The van der Waals surface area contributed by atoms with Gasteiger partial charge in [0.2, 0.25) is 0 Å². The minimum absolute atomic E-state index is 0.301. The smallest absolute Gasteiger partial charge is 0.255 e. The van der Waals surface area contributed by atoms with Gasteiger partial charge in [-0.15, -0.1) is 0 Å². The molecular weight excluding hydrogens is 321 g/mol. The van der Waals surface area contributed by atoms with Crippen LogP contribution in [0, 0.1) is 5.82 Å². The Hall–Kier alpha value is -1.39. The van der Waals surface area contributed by atoms with Crippen molar-refractivity contribution >= 4 is 39.1 Å². The van der Waals surface area contributed by atoms with Gasteiger partial charge in [-0.05, 0) is 52.3 Å². The molecule has 0 heterocycles. The molecule has 92 valence electrons. The predicted molar refractivity (Wildman–Crippen MR) is 73.5 cm³/mol. The number of hydrogen-bond donors (Lipinski definition) is 1. The third-order valence-electron chi connectivity index (χ3n) is 2.27. The molecule has 0 aromatic heterocycles. The van der Waals surface area contributed by atoms with Gasteiger partial charge in [-0.2, -0.15) is 0 Å². The predicted octanol–water partition coefficient (Wildman–Crippen LogP) is 4.49. The first-order valence-electron chi connectivity index (χ1n) is 5.08. The van der Waals surface area contributed by atoms with Gasteiger partial charge in [0.25, 0.3) is 5.91 Å². The molecule has 0 saturated heterocycles. The third kappa shape index (κ3) is 3.09. The highest BCUT2D eigenvalue weighted by Crippen LogP contribution is 2.23. The van der Waals surface area contributed by atoms with Crippen molar-refractivity contribution in [3.63, 3.8) is 0 Å². The van der Waals surface area contributed by atoms with Gasteiger partial charge >= 0.3 is 0 Å². The van der Waals surface area contributed by atoms with Gasteiger partial charge in [0.05, 0.1) is 5.69 Å². The zero-order valence-electron chi connectivity index (χ0n) is 9.08. The molecule has 0 unspecified atom stereocenters. The molecule has 2 aromatic rings. The van der Waals surface area contributed by atoms with Gasteiger partial charge in [0.1, 0.15) is 5.82 Å². The molecule has 0 aliphatic heterocycles. The fourth-order valence-corrected chi connectivity index (χ4v) is 2.06. The van der Waals surface area contributed by atoms with Crippen molar-refractivity contribution in [3.8, 4) is 0 Å². The molecule has 0 saturated carbocycles. The van der Waals surface area contributed by atoms with Crippen molar-refractivity contribution in [1.29, 1.82) is 0 Å². The van der Waals surface area contributed by atoms with Gasteiger partial charge < -0.3 is 5.32 Å². The van der Waals surface area contributed by atoms with E-state index in [4.69, 9.17) is 11.6 Å². The number of amides is 1. The summed E-state index contributed by atoms with van der Waals surface area (Å²) in [6.45, 7) is 0. The highest BCUT2D eigenvalue weighted by molar-refractivity contribution is 9.10. The number of carbonyl (C=O) groups is 1. The van der Waals surface area contributed by atoms with Crippen LogP contribution in [0.5, 0.6) is 0 Å². The maximum Gasteiger partial charge on any atom is 0.255 e. The summed E-state index contributed by atoms with van der Waals surface area (Å²) >= 11 is 8.99. The molecule has 0 bridgehead atoms. The Morgan fingerprint density at radius 1 is 1.22 bits per heavy atom. The zero-order chi connectivity index (χ0) is 13.1. The number of benzene rings is 2. The van der Waals surface area contributed by atoms with E-state index < -0.39 is 0 Å². The van der Waals surface area contributed by atoms with Gasteiger partial charge in [-0.1, -0.05) is 17.7 Å². The van der Waals surface area contributed by atoms with Crippen LogP contribution in [0.3, 0.4) is 0 Å². The Bertz CT molecular complexity index is 603. The van der Waals surface area contributed by atoms with Crippen molar-refractivity contribution in [2.75, 3.05) is 5.32 Å². The fourth-order valence-electron chi connectivity index (χ4n) is 1.42. The summed E-state index contributed by atoms with van der Waals surface area (Å²) in [6, 6.07) is 10.6. The van der Waals surface area contributed by atoms with Crippen molar-refractivity contribution in [3.05, 3.63) is 63.3 Å². The van der Waals surface area contributed by atoms with Crippen molar-refractivity contribution in [2.45, 2.75) is 0 Å². The molecule has 0 radical (unpaired) electrons. The molecule has 2 nitrogen and oxygen atoms in total. The monoisotopic (exact) mass is 327 g/mol. The SMILES string of the molecule is O=C(Nc1ccc(F)cc1Br)c1cccc(Cl)c1. The number of carbonyl (C=O) groups excluding carboxylic acids is 1. The number of halogens is 3. The Labute approximate surface area is 117 Å². The fraction of sp³-hybridized carbons (Fsp3) is 0. The second-order valence-electron chi connectivity index (χ2n) is 3.59. The summed E-state index contributed by atoms with van der Waals surface area (Å²) < 4.78 is 13.4. The molecule has 5 heteroatoms. The first kappa shape index (κ1) is 13.1. The van der Waals surface area contributed by atoms with E-state index in [2.05, 4.69) is 21.2 Å². The molecule has 2 aromatic carbocycles. The summed E-state index contributed by atoms with van der Waals surface area (Å²) in [4.78, 5) is 11.9. The Kier molecular flexibility index (Phi) is 3.99. The van der Waals surface area contributed by atoms with Gasteiger partial charge in [-0.3, -0.25) is 4.79 Å². The first-order chi connectivity index (χ1) is 8.56. The van der Waals surface area contributed by atoms with Gasteiger partial charge in [-0.25, -0.2) is 4.39 Å². The molecule has 1 N–H and O–H groups in total. The lowest BCUT2D eigenvalue weighted by Gasteiger charge is -2.07. The van der Waals surface area contributed by atoms with Crippen LogP contribution >= 0.6 is 27.5 Å². The molecule has 0 spiro atoms. The van der Waals surface area contributed by atoms with Gasteiger partial charge in [0, 0.05) is 15.1 Å². The van der Waals surface area contributed by atoms with E-state index in [-0.39, 0.29) is 11.7 Å². The molecule has 2 rings (SSSR count). The topological polar surface area (TPSA) is 29.1 Å². The van der Waals surface area contributed by atoms with Crippen LogP contribution in [0.4, 0.5) is 10.1 Å². The normalized spacial score (nSPS) is 10.2. The highest BCUT2D eigenvalue weighted by Gasteiger charge is 2.09. The number of rotatable bonds is 2. The second kappa shape index (κ2) is 5.50. The summed E-state index contributed by atoms with van der Waals surface area (Å²) in [6.07, 6.45) is 0. The largest absolute Gasteiger partial charge is 0.321 e. The van der Waals surface area contributed by atoms with Crippen LogP contribution in [0.2, 0.25) is 5.02 Å². The standard InChI is InChI=1S/C13H8BrClFNO/c14-11-7-10(16)4-5-12(11)17-13(18)8-2-1-3-9(15)6-8/h1-7H,(H,17,18). The van der Waals surface area contributed by atoms with E-state index in [1.807, 2.05) is 0 Å². The average Bonchev–Trinajstić information content (AvgIpc) is 2.32. The van der Waals surface area contributed by atoms with Crippen LogP contribution in [0.1, 0.15) is 10.4 Å². The lowest BCUT2D eigenvalue weighted by molar-refractivity contribution is 0.102. The first-order valence-corrected chi connectivity index (χ1v) is 6.25. The van der Waals surface area contributed by atoms with Crippen LogP contribution < -0.4 is 5.32 Å². The van der Waals surface area contributed by atoms with Crippen LogP contribution in [0.25, 0.3) is 0 Å². The summed E-state index contributed by atoms with van der Waals surface area (Å²) in [5, 5.41) is 3.16. The average molecular weight is 329 g/mol. The Morgan fingerprint density at radius 3 is 2.67 bits per heavy atom. The number of hydrogen-bond acceptors (Lipinski definition) is 1. The molecule has 18 heavy (non-hydrogen) atoms. The summed E-state index contributed by atoms with van der Waals surface area (Å²) in [5.74, 6) is -0.674. The van der Waals surface area contributed by atoms with Crippen molar-refractivity contribution < 1.29 is 9.18 Å². The minimum Gasteiger partial charge on any atom is -0.321 e. The van der Waals surface area contributed by atoms with E-state index in [0.717, 1.165) is 0 Å². The summed E-state index contributed by atoms with van der Waals surface area (Å²) in [5.41, 5.74) is 0.945. The van der Waals surface area contributed by atoms with Crippen LogP contribution in [0.15, 0.2) is 46.9 Å². The molecule has 0 fully saturated rings. The molecular formula is C13H8BrClFNO. The zero-order valence-corrected chi connectivity index (χ0v) is 11.4. The molecule has 1 amide bonds. The van der Waals surface area contributed by atoms with E-state index in [0.29, 0.717) is 20.7 Å². The maximum atomic E-state index is 12.9. The van der Waals surface area contributed by atoms with Crippen molar-refractivity contribution in [1.82, 2.24) is 0 Å². The van der Waals surface area contributed by atoms with E-state index in [9.17, 15) is 9.18 Å². The quantitative estimate of drug-likeness (QED) is 0.864. The third-order valence-corrected chi connectivity index (χ3v) is 3.16. The van der Waals surface area contributed by atoms with Crippen LogP contribution in [-0.2, 0) is 0 Å². The van der Waals surface area contributed by atoms with E-state index >= 15 is 0 Å². The van der Waals surface area contributed by atoms with E-state index in [1.54, 1.807) is 24.3 Å². The Balaban J connectivity index is 2.21. The van der Waals surface area contributed by atoms with Gasteiger partial charge in [0.15, 0.2) is 0 Å². The molecule has 0 aliphatic rings. The summed E-state index contributed by atoms with van der Waals surface area (Å²) in [7, 11) is 0. The second-order valence-corrected chi connectivity index (χ2v) is 4.88. The highest BCUT2D eigenvalue weighted by atomic mass is 79.9. The molecule has 0 aliphatic carbocycles. The minimum atomic E-state index is -0.373.